The molecule has 1 fully saturated rings. The molecule has 1 amide bonds. The predicted molar refractivity (Wildman–Crippen MR) is 195 cm³/mol. The molecule has 0 aromatic heterocycles. The summed E-state index contributed by atoms with van der Waals surface area (Å²) < 4.78 is 22.7. The number of hydrogen-bond donors (Lipinski definition) is 2. The number of hydrogen-bond acceptors (Lipinski definition) is 8. The fourth-order valence-electron chi connectivity index (χ4n) is 5.65. The molecule has 3 aromatic carbocycles. The molecule has 1 unspecified atom stereocenters. The average Bonchev–Trinajstić information content (AvgIpc) is 3.57. The van der Waals surface area contributed by atoms with Gasteiger partial charge in [0.05, 0.1) is 45.7 Å². The van der Waals surface area contributed by atoms with E-state index in [0.717, 1.165) is 43.9 Å². The number of rotatable bonds is 22. The summed E-state index contributed by atoms with van der Waals surface area (Å²) in [4.78, 5) is 16.1. The Kier molecular flexibility index (Phi) is 16.3. The second-order valence-electron chi connectivity index (χ2n) is 12.1. The number of ether oxygens (including phenoxy) is 4. The fourth-order valence-corrected chi connectivity index (χ4v) is 5.65. The Hall–Kier alpha value is -3.99. The van der Waals surface area contributed by atoms with Crippen molar-refractivity contribution in [3.05, 3.63) is 114 Å². The summed E-state index contributed by atoms with van der Waals surface area (Å²) in [6.45, 7) is 12.3. The van der Waals surface area contributed by atoms with Crippen LogP contribution >= 0.6 is 0 Å². The predicted octanol–water partition coefficient (Wildman–Crippen LogP) is 5.11. The van der Waals surface area contributed by atoms with Crippen LogP contribution in [-0.4, -0.2) is 113 Å². The highest BCUT2D eigenvalue weighted by Crippen LogP contribution is 2.34. The van der Waals surface area contributed by atoms with Crippen LogP contribution in [0.1, 0.15) is 36.5 Å². The Labute approximate surface area is 292 Å². The van der Waals surface area contributed by atoms with Gasteiger partial charge in [0.1, 0.15) is 19.0 Å². The van der Waals surface area contributed by atoms with Gasteiger partial charge in [0.25, 0.3) is 0 Å². The van der Waals surface area contributed by atoms with Gasteiger partial charge < -0.3 is 39.2 Å². The van der Waals surface area contributed by atoms with Crippen molar-refractivity contribution >= 4 is 17.1 Å². The van der Waals surface area contributed by atoms with Crippen LogP contribution in [0.15, 0.2) is 97.2 Å². The quantitative estimate of drug-likeness (QED) is 0.113. The number of β-amino-alcohol motifs (C(OH)–C–C–N with tert-alkyl or cyclic N) is 1. The highest BCUT2D eigenvalue weighted by molar-refractivity contribution is 5.98. The van der Waals surface area contributed by atoms with Gasteiger partial charge in [-0.05, 0) is 59.9 Å². The molecular weight excluding hydrogens is 618 g/mol. The number of benzene rings is 3. The standard InChI is InChI=1S/C40H53N3O6/c1-4-38(33-11-7-5-8-12-33)40(34-13-9-6-10-14-34)35-15-17-37(18-16-35)49-24-22-42(3)21-23-46-25-26-47-27-28-48-31-39(45)41-29-32(2)43-20-19-36(44)30-43/h5-18,36,44H,2,4,19-31H2,1,3H3,(H,41,45)/b40-38-. The largest absolute Gasteiger partial charge is 0.492 e. The van der Waals surface area contributed by atoms with Crippen molar-refractivity contribution in [2.45, 2.75) is 25.9 Å². The lowest BCUT2D eigenvalue weighted by Crippen LogP contribution is -2.34. The van der Waals surface area contributed by atoms with Crippen LogP contribution in [0.4, 0.5) is 0 Å². The topological polar surface area (TPSA) is 92.7 Å². The second-order valence-corrected chi connectivity index (χ2v) is 12.1. The maximum atomic E-state index is 12.0. The molecule has 4 rings (SSSR count). The van der Waals surface area contributed by atoms with Crippen molar-refractivity contribution in [2.24, 2.45) is 0 Å². The number of nitrogens with one attached hydrogen (secondary N) is 1. The van der Waals surface area contributed by atoms with Crippen molar-refractivity contribution in [2.75, 3.05) is 86.0 Å². The number of aliphatic hydroxyl groups is 1. The smallest absolute Gasteiger partial charge is 0.246 e. The van der Waals surface area contributed by atoms with Crippen molar-refractivity contribution in [3.63, 3.8) is 0 Å². The Bertz CT molecular complexity index is 1430. The van der Waals surface area contributed by atoms with E-state index in [4.69, 9.17) is 18.9 Å². The van der Waals surface area contributed by atoms with Crippen molar-refractivity contribution < 1.29 is 28.8 Å². The Morgan fingerprint density at radius 3 is 2.06 bits per heavy atom. The Balaban J connectivity index is 1.05. The first-order valence-electron chi connectivity index (χ1n) is 17.3. The fraction of sp³-hybridized carbons (Fsp3) is 0.425. The molecule has 49 heavy (non-hydrogen) atoms. The molecule has 0 aliphatic carbocycles. The number of amides is 1. The summed E-state index contributed by atoms with van der Waals surface area (Å²) in [5.74, 6) is 0.650. The first-order valence-corrected chi connectivity index (χ1v) is 17.3. The number of carbonyl (C=O) groups is 1. The molecule has 3 aromatic rings. The molecule has 1 heterocycles. The van der Waals surface area contributed by atoms with Gasteiger partial charge in [-0.1, -0.05) is 86.3 Å². The third kappa shape index (κ3) is 13.1. The van der Waals surface area contributed by atoms with Crippen LogP contribution < -0.4 is 10.1 Å². The monoisotopic (exact) mass is 671 g/mol. The number of allylic oxidation sites excluding steroid dienone is 1. The van der Waals surface area contributed by atoms with E-state index in [1.807, 2.05) is 4.90 Å². The molecule has 264 valence electrons. The number of carbonyl (C=O) groups excluding carboxylic acids is 1. The van der Waals surface area contributed by atoms with Crippen LogP contribution in [0.3, 0.4) is 0 Å². The van der Waals surface area contributed by atoms with Crippen LogP contribution in [-0.2, 0) is 19.0 Å². The van der Waals surface area contributed by atoms with Crippen molar-refractivity contribution in [1.29, 1.82) is 0 Å². The van der Waals surface area contributed by atoms with Gasteiger partial charge in [-0.15, -0.1) is 0 Å². The van der Waals surface area contributed by atoms with Gasteiger partial charge in [-0.2, -0.15) is 0 Å². The summed E-state index contributed by atoms with van der Waals surface area (Å²) in [5, 5.41) is 12.4. The highest BCUT2D eigenvalue weighted by atomic mass is 16.5. The van der Waals surface area contributed by atoms with Crippen LogP contribution in [0, 0.1) is 0 Å². The van der Waals surface area contributed by atoms with E-state index in [0.29, 0.717) is 52.7 Å². The minimum atomic E-state index is -0.318. The molecule has 1 saturated heterocycles. The van der Waals surface area contributed by atoms with Crippen LogP contribution in [0.5, 0.6) is 5.75 Å². The normalized spacial score (nSPS) is 14.9. The zero-order valence-electron chi connectivity index (χ0n) is 29.1. The maximum absolute atomic E-state index is 12.0. The number of aliphatic hydroxyl groups excluding tert-OH is 1. The Morgan fingerprint density at radius 2 is 1.43 bits per heavy atom. The molecule has 0 spiro atoms. The van der Waals surface area contributed by atoms with E-state index in [-0.39, 0.29) is 18.6 Å². The van der Waals surface area contributed by atoms with Gasteiger partial charge >= 0.3 is 0 Å². The van der Waals surface area contributed by atoms with Gasteiger partial charge in [0.2, 0.25) is 5.91 Å². The van der Waals surface area contributed by atoms with Gasteiger partial charge in [-0.3, -0.25) is 4.79 Å². The summed E-state index contributed by atoms with van der Waals surface area (Å²) in [6.07, 6.45) is 1.34. The minimum Gasteiger partial charge on any atom is -0.492 e. The first-order chi connectivity index (χ1) is 23.9. The van der Waals surface area contributed by atoms with E-state index >= 15 is 0 Å². The average molecular weight is 672 g/mol. The molecule has 1 aliphatic rings. The SMILES string of the molecule is C=C(CNC(=O)COCCOCCOCCN(C)CCOc1ccc(/C(=C(/CC)c2ccccc2)c2ccccc2)cc1)N1CCC(O)C1. The molecule has 0 saturated carbocycles. The molecule has 1 atom stereocenters. The van der Waals surface area contributed by atoms with Gasteiger partial charge in [0.15, 0.2) is 0 Å². The van der Waals surface area contributed by atoms with Crippen molar-refractivity contribution in [1.82, 2.24) is 15.1 Å². The molecular formula is C40H53N3O6. The number of likely N-dealkylation sites (N-methyl/N-ethyl adjacent to an activating group) is 1. The van der Waals surface area contributed by atoms with E-state index in [2.05, 4.69) is 116 Å². The van der Waals surface area contributed by atoms with Crippen molar-refractivity contribution in [3.8, 4) is 5.75 Å². The molecule has 9 nitrogen and oxygen atoms in total. The molecule has 1 aliphatic heterocycles. The molecule has 0 bridgehead atoms. The maximum Gasteiger partial charge on any atom is 0.246 e. The zero-order valence-corrected chi connectivity index (χ0v) is 29.1. The highest BCUT2D eigenvalue weighted by Gasteiger charge is 2.21. The second kappa shape index (κ2) is 21.2. The van der Waals surface area contributed by atoms with Crippen LogP contribution in [0.2, 0.25) is 0 Å². The van der Waals surface area contributed by atoms with E-state index < -0.39 is 0 Å². The molecule has 2 N–H and O–H groups in total. The lowest BCUT2D eigenvalue weighted by Gasteiger charge is -2.20. The number of likely N-dealkylation sites (tertiary alicyclic amines) is 1. The minimum absolute atomic E-state index is 0.0296. The third-order valence-electron chi connectivity index (χ3n) is 8.42. The first kappa shape index (κ1) is 37.8. The van der Waals surface area contributed by atoms with Crippen LogP contribution in [0.25, 0.3) is 11.1 Å². The lowest BCUT2D eigenvalue weighted by atomic mass is 9.88. The van der Waals surface area contributed by atoms with E-state index in [9.17, 15) is 9.90 Å². The summed E-state index contributed by atoms with van der Waals surface area (Å²) >= 11 is 0. The van der Waals surface area contributed by atoms with E-state index in [1.54, 1.807) is 0 Å². The number of nitrogens with zero attached hydrogens (tertiary/aromatic N) is 2. The van der Waals surface area contributed by atoms with E-state index in [1.165, 1.54) is 27.8 Å². The summed E-state index contributed by atoms with van der Waals surface area (Å²) in [6, 6.07) is 29.6. The van der Waals surface area contributed by atoms with Gasteiger partial charge in [0, 0.05) is 31.9 Å². The van der Waals surface area contributed by atoms with Gasteiger partial charge in [-0.25, -0.2) is 0 Å². The summed E-state index contributed by atoms with van der Waals surface area (Å²) in [7, 11) is 2.05. The zero-order chi connectivity index (χ0) is 34.7. The Morgan fingerprint density at radius 1 is 0.837 bits per heavy atom. The lowest BCUT2D eigenvalue weighted by molar-refractivity contribution is -0.126. The third-order valence-corrected chi connectivity index (χ3v) is 8.42. The molecule has 9 heteroatoms. The summed E-state index contributed by atoms with van der Waals surface area (Å²) in [5.41, 5.74) is 6.99. The molecule has 0 radical (unpaired) electrons.